The second-order valence-corrected chi connectivity index (χ2v) is 19.1. The van der Waals surface area contributed by atoms with Gasteiger partial charge in [-0.15, -0.1) is 0 Å². The van der Waals surface area contributed by atoms with Crippen LogP contribution in [0.15, 0.2) is 198 Å². The predicted molar refractivity (Wildman–Crippen MR) is 228 cm³/mol. The Morgan fingerprint density at radius 3 is 1.50 bits per heavy atom. The number of benzene rings is 8. The maximum Gasteiger partial charge on any atom is 0.253 e. The predicted octanol–water partition coefficient (Wildman–Crippen LogP) is 7.72. The molecule has 4 aliphatic heterocycles. The third-order valence-electron chi connectivity index (χ3n) is 11.7. The van der Waals surface area contributed by atoms with Gasteiger partial charge in [0.1, 0.15) is 11.5 Å². The molecule has 0 saturated heterocycles. The molecule has 0 saturated carbocycles. The molecule has 252 valence electrons. The highest BCUT2D eigenvalue weighted by Gasteiger charge is 2.54. The molecule has 8 aromatic carbocycles. The van der Waals surface area contributed by atoms with E-state index in [4.69, 9.17) is 4.74 Å². The molecule has 54 heavy (non-hydrogen) atoms. The molecule has 12 rings (SSSR count). The minimum Gasteiger partial charge on any atom is -0.458 e. The van der Waals surface area contributed by atoms with E-state index in [0.29, 0.717) is 0 Å². The van der Waals surface area contributed by atoms with E-state index in [1.54, 1.807) is 0 Å². The quantitative estimate of drug-likeness (QED) is 0.170. The second kappa shape index (κ2) is 11.4. The third kappa shape index (κ3) is 3.99. The van der Waals surface area contributed by atoms with E-state index in [1.165, 1.54) is 75.4 Å². The topological polar surface area (TPSA) is 15.7 Å². The van der Waals surface area contributed by atoms with Crippen LogP contribution < -0.4 is 51.7 Å². The fourth-order valence-electron chi connectivity index (χ4n) is 9.72. The Labute approximate surface area is 320 Å². The first-order chi connectivity index (χ1) is 26.8. The Balaban J connectivity index is 1.13. The van der Waals surface area contributed by atoms with Crippen LogP contribution in [0.25, 0.3) is 0 Å². The molecule has 0 unspecified atom stereocenters. The van der Waals surface area contributed by atoms with Crippen molar-refractivity contribution in [3.8, 4) is 11.5 Å². The zero-order valence-electron chi connectivity index (χ0n) is 29.2. The van der Waals surface area contributed by atoms with Gasteiger partial charge in [0.2, 0.25) is 0 Å². The summed E-state index contributed by atoms with van der Waals surface area (Å²) in [4.78, 5) is 7.53. The highest BCUT2D eigenvalue weighted by atomic mass is 32.2. The number of rotatable bonds is 2. The Morgan fingerprint density at radius 1 is 0.407 bits per heavy atom. The highest BCUT2D eigenvalue weighted by Crippen LogP contribution is 2.46. The lowest BCUT2D eigenvalue weighted by molar-refractivity contribution is 0.486. The Kier molecular flexibility index (Phi) is 6.39. The minimum atomic E-state index is -2.87. The van der Waals surface area contributed by atoms with E-state index in [-0.39, 0.29) is 6.71 Å². The monoisotopic (exact) mass is 722 g/mol. The van der Waals surface area contributed by atoms with Gasteiger partial charge in [-0.05, 0) is 86.3 Å². The molecule has 0 atom stereocenters. The lowest BCUT2D eigenvalue weighted by atomic mass is 9.35. The lowest BCUT2D eigenvalue weighted by Crippen LogP contribution is -2.79. The molecule has 0 bridgehead atoms. The minimum absolute atomic E-state index is 0.130. The summed E-state index contributed by atoms with van der Waals surface area (Å²) in [6, 6.07) is 69.6. The van der Waals surface area contributed by atoms with Crippen LogP contribution in [0.1, 0.15) is 0 Å². The number of ether oxygens (including phenoxy) is 1. The first-order valence-corrected chi connectivity index (χ1v) is 21.4. The molecule has 0 aromatic heterocycles. The van der Waals surface area contributed by atoms with Gasteiger partial charge in [-0.25, -0.2) is 0 Å². The standard InChI is InChI=1S/C48H31BN2OSSi/c1-2-16-32(17-3-1)50-36-20-6-12-26-44(36)54(45-27-13-7-21-37(45)50)46-28-14-8-22-38(46)51(39-23-9-15-29-47(39)54)33-30-41-48-43(31-33)53-42-25-11-5-19-35(42)49(48)34-18-4-10-24-40(34)52-41/h1-31H. The van der Waals surface area contributed by atoms with E-state index in [1.807, 2.05) is 11.8 Å². The van der Waals surface area contributed by atoms with E-state index < -0.39 is 8.07 Å². The zero-order valence-corrected chi connectivity index (χ0v) is 31.0. The molecule has 0 fully saturated rings. The van der Waals surface area contributed by atoms with E-state index in [0.717, 1.165) is 17.2 Å². The van der Waals surface area contributed by atoms with Crippen molar-refractivity contribution in [1.29, 1.82) is 0 Å². The van der Waals surface area contributed by atoms with Gasteiger partial charge < -0.3 is 14.5 Å². The zero-order chi connectivity index (χ0) is 35.4. The number of para-hydroxylation sites is 6. The lowest BCUT2D eigenvalue weighted by Gasteiger charge is -2.50. The molecule has 3 nitrogen and oxygen atoms in total. The normalized spacial score (nSPS) is 14.8. The van der Waals surface area contributed by atoms with Crippen molar-refractivity contribution in [2.45, 2.75) is 9.79 Å². The van der Waals surface area contributed by atoms with Crippen LogP contribution in [0.3, 0.4) is 0 Å². The Morgan fingerprint density at radius 2 is 0.889 bits per heavy atom. The van der Waals surface area contributed by atoms with Gasteiger partial charge in [0, 0.05) is 44.3 Å². The van der Waals surface area contributed by atoms with Crippen molar-refractivity contribution in [3.05, 3.63) is 188 Å². The fourth-order valence-corrected chi connectivity index (χ4v) is 16.4. The maximum atomic E-state index is 6.87. The first kappa shape index (κ1) is 30.3. The van der Waals surface area contributed by atoms with Crippen molar-refractivity contribution in [3.63, 3.8) is 0 Å². The molecular weight excluding hydrogens is 692 g/mol. The smallest absolute Gasteiger partial charge is 0.253 e. The van der Waals surface area contributed by atoms with Gasteiger partial charge in [-0.2, -0.15) is 0 Å². The molecule has 0 N–H and O–H groups in total. The summed E-state index contributed by atoms with van der Waals surface area (Å²) in [5.41, 5.74) is 11.1. The van der Waals surface area contributed by atoms with Crippen LogP contribution in [0.4, 0.5) is 34.1 Å². The number of nitrogens with zero attached hydrogens (tertiary/aromatic N) is 2. The third-order valence-corrected chi connectivity index (χ3v) is 17.8. The Bertz CT molecular complexity index is 2670. The summed E-state index contributed by atoms with van der Waals surface area (Å²) in [7, 11) is -2.87. The van der Waals surface area contributed by atoms with Gasteiger partial charge in [0.15, 0.2) is 8.07 Å². The van der Waals surface area contributed by atoms with Gasteiger partial charge in [0.25, 0.3) is 6.71 Å². The summed E-state index contributed by atoms with van der Waals surface area (Å²) < 4.78 is 6.87. The first-order valence-electron chi connectivity index (χ1n) is 18.6. The summed E-state index contributed by atoms with van der Waals surface area (Å²) in [5.74, 6) is 1.87. The van der Waals surface area contributed by atoms with Crippen LogP contribution in [0, 0.1) is 0 Å². The van der Waals surface area contributed by atoms with Gasteiger partial charge >= 0.3 is 0 Å². The van der Waals surface area contributed by atoms with E-state index in [9.17, 15) is 0 Å². The van der Waals surface area contributed by atoms with E-state index >= 15 is 0 Å². The van der Waals surface area contributed by atoms with E-state index in [2.05, 4.69) is 198 Å². The average molecular weight is 723 g/mol. The summed E-state index contributed by atoms with van der Waals surface area (Å²) in [6.45, 7) is 0.130. The van der Waals surface area contributed by atoms with Crippen LogP contribution in [0.5, 0.6) is 11.5 Å². The number of fused-ring (bicyclic) bond motifs is 12. The summed E-state index contributed by atoms with van der Waals surface area (Å²) in [5, 5.41) is 5.60. The molecule has 8 aromatic rings. The highest BCUT2D eigenvalue weighted by molar-refractivity contribution is 8.00. The summed E-state index contributed by atoms with van der Waals surface area (Å²) in [6.07, 6.45) is 0. The van der Waals surface area contributed by atoms with Crippen LogP contribution in [-0.2, 0) is 0 Å². The number of hydrogen-bond acceptors (Lipinski definition) is 4. The fraction of sp³-hybridized carbons (Fsp3) is 0. The molecular formula is C48H31BN2OSSi. The molecule has 4 heterocycles. The second-order valence-electron chi connectivity index (χ2n) is 14.4. The average Bonchev–Trinajstić information content (AvgIpc) is 3.23. The van der Waals surface area contributed by atoms with Gasteiger partial charge in [-0.3, -0.25) is 0 Å². The van der Waals surface area contributed by atoms with Crippen molar-refractivity contribution in [2.24, 2.45) is 0 Å². The van der Waals surface area contributed by atoms with Crippen molar-refractivity contribution in [2.75, 3.05) is 9.80 Å². The SMILES string of the molecule is c1ccc(N2c3ccccc3[Si]3(c4ccccc42)c2ccccc2N(c2cc4c5c(c2)Sc2ccccc2B5c2ccccc2O4)c2ccccc23)cc1. The maximum absolute atomic E-state index is 6.87. The Hall–Kier alpha value is -6.21. The molecule has 1 spiro atoms. The van der Waals surface area contributed by atoms with Crippen molar-refractivity contribution in [1.82, 2.24) is 0 Å². The molecule has 0 aliphatic carbocycles. The molecule has 4 aliphatic rings. The number of hydrogen-bond donors (Lipinski definition) is 0. The molecule has 6 heteroatoms. The van der Waals surface area contributed by atoms with Gasteiger partial charge in [-0.1, -0.05) is 145 Å². The van der Waals surface area contributed by atoms with Crippen LogP contribution >= 0.6 is 11.8 Å². The molecule has 0 amide bonds. The van der Waals surface area contributed by atoms with Gasteiger partial charge in [0.05, 0.1) is 5.69 Å². The number of anilines is 6. The van der Waals surface area contributed by atoms with Crippen molar-refractivity contribution < 1.29 is 4.74 Å². The summed E-state index contributed by atoms with van der Waals surface area (Å²) >= 11 is 1.86. The van der Waals surface area contributed by atoms with Crippen LogP contribution in [-0.4, -0.2) is 14.8 Å². The largest absolute Gasteiger partial charge is 0.458 e. The van der Waals surface area contributed by atoms with Crippen molar-refractivity contribution >= 4 is 97.8 Å². The molecule has 0 radical (unpaired) electrons. The van der Waals surface area contributed by atoms with Crippen LogP contribution in [0.2, 0.25) is 0 Å².